The molecule has 0 aliphatic heterocycles. The molecule has 7 nitrogen and oxygen atoms in total. The number of nitrogen functional groups attached to an aromatic ring is 2. The van der Waals surface area contributed by atoms with Gasteiger partial charge < -0.3 is 16.8 Å². The predicted octanol–water partition coefficient (Wildman–Crippen LogP) is 2.93. The third kappa shape index (κ3) is 2.58. The average Bonchev–Trinajstić information content (AvgIpc) is 3.02. The summed E-state index contributed by atoms with van der Waals surface area (Å²) in [6, 6.07) is 13.5. The lowest BCUT2D eigenvalue weighted by molar-refractivity contribution is 1.12. The van der Waals surface area contributed by atoms with Crippen molar-refractivity contribution in [2.45, 2.75) is 0 Å². The Bertz CT molecular complexity index is 1020. The lowest BCUT2D eigenvalue weighted by atomic mass is 10.0. The molecule has 0 aliphatic rings. The molecule has 118 valence electrons. The van der Waals surface area contributed by atoms with Gasteiger partial charge in [0.25, 0.3) is 0 Å². The molecule has 0 bridgehead atoms. The van der Waals surface area contributed by atoms with Gasteiger partial charge in [-0.2, -0.15) is 10.1 Å². The van der Waals surface area contributed by atoms with Gasteiger partial charge in [0.1, 0.15) is 5.82 Å². The highest BCUT2D eigenvalue weighted by Gasteiger charge is 2.09. The monoisotopic (exact) mass is 317 g/mol. The quantitative estimate of drug-likeness (QED) is 0.431. The van der Waals surface area contributed by atoms with E-state index in [4.69, 9.17) is 11.5 Å². The van der Waals surface area contributed by atoms with Gasteiger partial charge in [-0.15, -0.1) is 0 Å². The van der Waals surface area contributed by atoms with Crippen LogP contribution in [0.15, 0.2) is 54.9 Å². The minimum atomic E-state index is 0.223. The second kappa shape index (κ2) is 5.54. The molecule has 0 saturated carbocycles. The fraction of sp³-hybridized carbons (Fsp3) is 0. The molecule has 0 saturated heterocycles. The Kier molecular flexibility index (Phi) is 3.24. The Labute approximate surface area is 137 Å². The zero-order valence-electron chi connectivity index (χ0n) is 12.7. The molecule has 4 rings (SSSR count). The highest BCUT2D eigenvalue weighted by Crippen LogP contribution is 2.32. The first-order valence-corrected chi connectivity index (χ1v) is 7.37. The summed E-state index contributed by atoms with van der Waals surface area (Å²) in [7, 11) is 0. The molecule has 0 spiro atoms. The minimum Gasteiger partial charge on any atom is -0.399 e. The van der Waals surface area contributed by atoms with E-state index in [2.05, 4.69) is 25.5 Å². The zero-order valence-corrected chi connectivity index (χ0v) is 12.7. The van der Waals surface area contributed by atoms with E-state index in [9.17, 15) is 0 Å². The zero-order chi connectivity index (χ0) is 16.5. The SMILES string of the molecule is Nc1cccc(-c2cc(Nc3ccnc(N)n3)cc3cn[nH]c23)c1. The summed E-state index contributed by atoms with van der Waals surface area (Å²) in [4.78, 5) is 8.06. The second-order valence-electron chi connectivity index (χ2n) is 5.41. The van der Waals surface area contributed by atoms with Gasteiger partial charge in [0.15, 0.2) is 0 Å². The number of nitrogens with one attached hydrogen (secondary N) is 2. The second-order valence-corrected chi connectivity index (χ2v) is 5.41. The standard InChI is InChI=1S/C17H15N7/c18-12-3-1-2-10(6-12)14-8-13(7-11-9-21-24-16(11)14)22-15-4-5-20-17(19)23-15/h1-9H,18H2,(H,21,24)(H3,19,20,22,23). The number of anilines is 4. The molecule has 0 unspecified atom stereocenters. The van der Waals surface area contributed by atoms with Crippen molar-refractivity contribution in [2.75, 3.05) is 16.8 Å². The van der Waals surface area contributed by atoms with Gasteiger partial charge in [0, 0.05) is 28.5 Å². The normalized spacial score (nSPS) is 10.8. The van der Waals surface area contributed by atoms with Gasteiger partial charge in [0.2, 0.25) is 5.95 Å². The maximum Gasteiger partial charge on any atom is 0.221 e. The molecule has 2 aromatic carbocycles. The summed E-state index contributed by atoms with van der Waals surface area (Å²) in [5, 5.41) is 11.4. The number of hydrogen-bond donors (Lipinski definition) is 4. The third-order valence-electron chi connectivity index (χ3n) is 3.69. The molecule has 0 aliphatic carbocycles. The van der Waals surface area contributed by atoms with Crippen LogP contribution >= 0.6 is 0 Å². The molecule has 0 radical (unpaired) electrons. The summed E-state index contributed by atoms with van der Waals surface area (Å²) in [6.45, 7) is 0. The van der Waals surface area contributed by atoms with Crippen LogP contribution in [0.2, 0.25) is 0 Å². The topological polar surface area (TPSA) is 119 Å². The van der Waals surface area contributed by atoms with E-state index in [0.717, 1.165) is 27.7 Å². The van der Waals surface area contributed by atoms with Crippen molar-refractivity contribution in [1.29, 1.82) is 0 Å². The van der Waals surface area contributed by atoms with Gasteiger partial charge in [-0.3, -0.25) is 5.10 Å². The number of fused-ring (bicyclic) bond motifs is 1. The van der Waals surface area contributed by atoms with Crippen LogP contribution in [0.4, 0.5) is 23.1 Å². The molecular formula is C17H15N7. The number of rotatable bonds is 3. The van der Waals surface area contributed by atoms with Crippen LogP contribution in [0.1, 0.15) is 0 Å². The molecule has 0 atom stereocenters. The van der Waals surface area contributed by atoms with Crippen molar-refractivity contribution < 1.29 is 0 Å². The number of aromatic amines is 1. The Morgan fingerprint density at radius 2 is 1.96 bits per heavy atom. The van der Waals surface area contributed by atoms with Crippen LogP contribution in [-0.4, -0.2) is 20.2 Å². The number of nitrogens with zero attached hydrogens (tertiary/aromatic N) is 3. The molecule has 0 fully saturated rings. The predicted molar refractivity (Wildman–Crippen MR) is 95.7 cm³/mol. The summed E-state index contributed by atoms with van der Waals surface area (Å²) < 4.78 is 0. The first-order chi connectivity index (χ1) is 11.7. The van der Waals surface area contributed by atoms with Crippen LogP contribution in [0.5, 0.6) is 0 Å². The summed E-state index contributed by atoms with van der Waals surface area (Å²) >= 11 is 0. The van der Waals surface area contributed by atoms with E-state index in [1.165, 1.54) is 0 Å². The van der Waals surface area contributed by atoms with E-state index >= 15 is 0 Å². The molecule has 6 N–H and O–H groups in total. The van der Waals surface area contributed by atoms with Gasteiger partial charge >= 0.3 is 0 Å². The minimum absolute atomic E-state index is 0.223. The maximum atomic E-state index is 5.92. The lowest BCUT2D eigenvalue weighted by Gasteiger charge is -2.10. The summed E-state index contributed by atoms with van der Waals surface area (Å²) in [6.07, 6.45) is 3.39. The highest BCUT2D eigenvalue weighted by molar-refractivity contribution is 5.97. The van der Waals surface area contributed by atoms with E-state index < -0.39 is 0 Å². The molecule has 7 heteroatoms. The van der Waals surface area contributed by atoms with Gasteiger partial charge in [0.05, 0.1) is 11.7 Å². The van der Waals surface area contributed by atoms with Crippen molar-refractivity contribution in [3.05, 3.63) is 54.9 Å². The largest absolute Gasteiger partial charge is 0.399 e. The maximum absolute atomic E-state index is 5.92. The molecule has 2 aromatic heterocycles. The van der Waals surface area contributed by atoms with Gasteiger partial charge in [-0.1, -0.05) is 12.1 Å². The number of H-pyrrole nitrogens is 1. The van der Waals surface area contributed by atoms with Gasteiger partial charge in [-0.05, 0) is 35.9 Å². The fourth-order valence-corrected chi connectivity index (χ4v) is 2.65. The van der Waals surface area contributed by atoms with Crippen LogP contribution in [-0.2, 0) is 0 Å². The molecular weight excluding hydrogens is 302 g/mol. The van der Waals surface area contributed by atoms with Crippen LogP contribution in [0.3, 0.4) is 0 Å². The van der Waals surface area contributed by atoms with E-state index in [1.54, 1.807) is 18.5 Å². The Morgan fingerprint density at radius 3 is 2.79 bits per heavy atom. The lowest BCUT2D eigenvalue weighted by Crippen LogP contribution is -1.99. The fourth-order valence-electron chi connectivity index (χ4n) is 2.65. The molecule has 2 heterocycles. The molecule has 24 heavy (non-hydrogen) atoms. The Morgan fingerprint density at radius 1 is 1.04 bits per heavy atom. The van der Waals surface area contributed by atoms with Crippen LogP contribution in [0.25, 0.3) is 22.0 Å². The number of hydrogen-bond acceptors (Lipinski definition) is 6. The van der Waals surface area contributed by atoms with Gasteiger partial charge in [-0.25, -0.2) is 4.98 Å². The van der Waals surface area contributed by atoms with Crippen molar-refractivity contribution in [3.8, 4) is 11.1 Å². The molecule has 4 aromatic rings. The van der Waals surface area contributed by atoms with E-state index in [-0.39, 0.29) is 5.95 Å². The Balaban J connectivity index is 1.83. The van der Waals surface area contributed by atoms with E-state index in [1.807, 2.05) is 36.4 Å². The number of aromatic nitrogens is 4. The molecule has 0 amide bonds. The average molecular weight is 317 g/mol. The van der Waals surface area contributed by atoms with Crippen LogP contribution < -0.4 is 16.8 Å². The van der Waals surface area contributed by atoms with Crippen molar-refractivity contribution in [1.82, 2.24) is 20.2 Å². The summed E-state index contributed by atoms with van der Waals surface area (Å²) in [5.41, 5.74) is 16.1. The number of nitrogens with two attached hydrogens (primary N) is 2. The number of benzene rings is 2. The third-order valence-corrected chi connectivity index (χ3v) is 3.69. The van der Waals surface area contributed by atoms with Crippen LogP contribution in [0, 0.1) is 0 Å². The van der Waals surface area contributed by atoms with Crippen molar-refractivity contribution in [3.63, 3.8) is 0 Å². The smallest absolute Gasteiger partial charge is 0.221 e. The summed E-state index contributed by atoms with van der Waals surface area (Å²) in [5.74, 6) is 0.851. The van der Waals surface area contributed by atoms with Crippen molar-refractivity contribution in [2.24, 2.45) is 0 Å². The highest BCUT2D eigenvalue weighted by atomic mass is 15.1. The first-order valence-electron chi connectivity index (χ1n) is 7.37. The first kappa shape index (κ1) is 14.0. The van der Waals surface area contributed by atoms with Crippen molar-refractivity contribution >= 4 is 34.0 Å². The van der Waals surface area contributed by atoms with E-state index in [0.29, 0.717) is 11.5 Å². The Hall–Kier alpha value is -3.61.